The summed E-state index contributed by atoms with van der Waals surface area (Å²) in [5.41, 5.74) is 0.928. The second-order valence-electron chi connectivity index (χ2n) is 6.49. The van der Waals surface area contributed by atoms with Gasteiger partial charge in [0.1, 0.15) is 16.7 Å². The van der Waals surface area contributed by atoms with Crippen LogP contribution in [0.5, 0.6) is 0 Å². The number of nitrogens with zero attached hydrogens (tertiary/aromatic N) is 1. The number of aryl methyl sites for hydroxylation is 1. The number of hydrogen-bond donors (Lipinski definition) is 1. The molecule has 0 aromatic heterocycles. The molecule has 0 unspecified atom stereocenters. The lowest BCUT2D eigenvalue weighted by Crippen LogP contribution is -2.47. The van der Waals surface area contributed by atoms with Crippen LogP contribution in [0.1, 0.15) is 45.1 Å². The highest BCUT2D eigenvalue weighted by atomic mass is 32.2. The van der Waals surface area contributed by atoms with Crippen LogP contribution < -0.4 is 0 Å². The van der Waals surface area contributed by atoms with Gasteiger partial charge in [-0.05, 0) is 31.9 Å². The molecule has 1 rings (SSSR count). The van der Waals surface area contributed by atoms with Crippen molar-refractivity contribution in [3.05, 3.63) is 29.8 Å². The van der Waals surface area contributed by atoms with Gasteiger partial charge >= 0.3 is 0 Å². The van der Waals surface area contributed by atoms with Crippen LogP contribution in [0.25, 0.3) is 0 Å². The van der Waals surface area contributed by atoms with Crippen molar-refractivity contribution in [3.63, 3.8) is 0 Å². The van der Waals surface area contributed by atoms with Gasteiger partial charge in [-0.1, -0.05) is 44.4 Å². The Balaban J connectivity index is 0.000000446. The van der Waals surface area contributed by atoms with Crippen molar-refractivity contribution in [2.75, 3.05) is 33.3 Å². The van der Waals surface area contributed by atoms with Gasteiger partial charge in [-0.2, -0.15) is 0 Å². The fourth-order valence-corrected chi connectivity index (χ4v) is 2.83. The smallest absolute Gasteiger partial charge is 0.124 e. The second-order valence-corrected chi connectivity index (χ2v) is 7.87. The fourth-order valence-electron chi connectivity index (χ4n) is 2.36. The van der Waals surface area contributed by atoms with Gasteiger partial charge in [-0.3, -0.25) is 0 Å². The van der Waals surface area contributed by atoms with Gasteiger partial charge in [-0.25, -0.2) is 8.42 Å². The van der Waals surface area contributed by atoms with Crippen LogP contribution in [-0.4, -0.2) is 55.8 Å². The number of quaternary nitrogens is 1. The molecule has 0 saturated heterocycles. The molecule has 0 bridgehead atoms. The Morgan fingerprint density at radius 2 is 1.46 bits per heavy atom. The van der Waals surface area contributed by atoms with Gasteiger partial charge in [0.25, 0.3) is 0 Å². The molecule has 0 fully saturated rings. The Labute approximate surface area is 147 Å². The van der Waals surface area contributed by atoms with E-state index in [1.807, 2.05) is 6.92 Å². The van der Waals surface area contributed by atoms with E-state index in [9.17, 15) is 13.0 Å². The monoisotopic (exact) mass is 359 g/mol. The SMILES string of the molecule is CCCC[N+](C)(CCO)CCCC.Cc1ccc(S(=O)(=O)[O-])cc1. The van der Waals surface area contributed by atoms with E-state index in [2.05, 4.69) is 20.9 Å². The van der Waals surface area contributed by atoms with Crippen molar-refractivity contribution < 1.29 is 22.6 Å². The highest BCUT2D eigenvalue weighted by Crippen LogP contribution is 2.09. The Morgan fingerprint density at radius 3 is 1.79 bits per heavy atom. The summed E-state index contributed by atoms with van der Waals surface area (Å²) in [4.78, 5) is -0.178. The number of rotatable bonds is 9. The second kappa shape index (κ2) is 11.6. The van der Waals surface area contributed by atoms with Gasteiger partial charge in [0.05, 0.1) is 31.6 Å². The molecular formula is C18H33NO4S. The van der Waals surface area contributed by atoms with E-state index in [0.717, 1.165) is 16.6 Å². The van der Waals surface area contributed by atoms with E-state index < -0.39 is 10.1 Å². The van der Waals surface area contributed by atoms with E-state index in [1.165, 1.54) is 50.9 Å². The summed E-state index contributed by atoms with van der Waals surface area (Å²) in [6.07, 6.45) is 5.07. The van der Waals surface area contributed by atoms with Gasteiger partial charge < -0.3 is 14.1 Å². The Bertz CT molecular complexity index is 533. The minimum Gasteiger partial charge on any atom is -0.744 e. The molecule has 140 valence electrons. The molecule has 1 aromatic rings. The number of hydrogen-bond acceptors (Lipinski definition) is 4. The van der Waals surface area contributed by atoms with Crippen molar-refractivity contribution in [2.24, 2.45) is 0 Å². The third kappa shape index (κ3) is 10.0. The molecule has 1 N–H and O–H groups in total. The average molecular weight is 360 g/mol. The van der Waals surface area contributed by atoms with Gasteiger partial charge in [0.15, 0.2) is 0 Å². The lowest BCUT2D eigenvalue weighted by atomic mass is 10.2. The summed E-state index contributed by atoms with van der Waals surface area (Å²) in [5, 5.41) is 8.98. The van der Waals surface area contributed by atoms with Crippen LogP contribution in [-0.2, 0) is 10.1 Å². The average Bonchev–Trinajstić information content (AvgIpc) is 2.52. The first-order chi connectivity index (χ1) is 11.2. The molecule has 0 amide bonds. The molecule has 0 aliphatic rings. The molecule has 1 aromatic carbocycles. The molecule has 0 atom stereocenters. The van der Waals surface area contributed by atoms with Crippen LogP contribution >= 0.6 is 0 Å². The van der Waals surface area contributed by atoms with Gasteiger partial charge in [0.2, 0.25) is 0 Å². The summed E-state index contributed by atoms with van der Waals surface area (Å²) in [6.45, 7) is 9.95. The zero-order valence-electron chi connectivity index (χ0n) is 15.5. The first kappa shape index (κ1) is 23.1. The minimum atomic E-state index is -4.27. The topological polar surface area (TPSA) is 77.4 Å². The number of aliphatic hydroxyl groups is 1. The summed E-state index contributed by atoms with van der Waals surface area (Å²) in [7, 11) is -2.00. The molecule has 24 heavy (non-hydrogen) atoms. The normalized spacial score (nSPS) is 11.8. The maximum Gasteiger partial charge on any atom is 0.124 e. The summed E-state index contributed by atoms with van der Waals surface area (Å²) < 4.78 is 32.2. The maximum atomic E-state index is 10.4. The van der Waals surface area contributed by atoms with E-state index >= 15 is 0 Å². The van der Waals surface area contributed by atoms with Crippen molar-refractivity contribution in [2.45, 2.75) is 51.3 Å². The Kier molecular flexibility index (Phi) is 11.1. The predicted octanol–water partition coefficient (Wildman–Crippen LogP) is 2.92. The van der Waals surface area contributed by atoms with Crippen LogP contribution in [0.15, 0.2) is 29.2 Å². The van der Waals surface area contributed by atoms with E-state index in [4.69, 9.17) is 5.11 Å². The number of aliphatic hydroxyl groups excluding tert-OH is 1. The van der Waals surface area contributed by atoms with Crippen LogP contribution in [0.2, 0.25) is 0 Å². The summed E-state index contributed by atoms with van der Waals surface area (Å²) in [6, 6.07) is 5.78. The summed E-state index contributed by atoms with van der Waals surface area (Å²) in [5.74, 6) is 0. The molecule has 0 saturated carbocycles. The van der Waals surface area contributed by atoms with E-state index in [0.29, 0.717) is 6.61 Å². The van der Waals surface area contributed by atoms with Crippen molar-refractivity contribution in [1.82, 2.24) is 0 Å². The zero-order valence-corrected chi connectivity index (χ0v) is 16.3. The molecule has 0 spiro atoms. The quantitative estimate of drug-likeness (QED) is 0.543. The first-order valence-corrected chi connectivity index (χ1v) is 10.1. The van der Waals surface area contributed by atoms with Crippen LogP contribution in [0.4, 0.5) is 0 Å². The zero-order chi connectivity index (χ0) is 18.6. The van der Waals surface area contributed by atoms with E-state index in [-0.39, 0.29) is 4.90 Å². The third-order valence-electron chi connectivity index (χ3n) is 4.05. The standard InChI is InChI=1S/C11H26NO.C7H8O3S/c1-4-6-8-12(3,10-11-13)9-7-5-2;1-6-2-4-7(5-3-6)11(8,9)10/h13H,4-11H2,1-3H3;2-5H,1H3,(H,8,9,10)/q+1;/p-1. The molecule has 5 nitrogen and oxygen atoms in total. The minimum absolute atomic E-state index is 0.178. The highest BCUT2D eigenvalue weighted by Gasteiger charge is 2.18. The maximum absolute atomic E-state index is 10.4. The fraction of sp³-hybridized carbons (Fsp3) is 0.667. The van der Waals surface area contributed by atoms with Crippen molar-refractivity contribution in [3.8, 4) is 0 Å². The van der Waals surface area contributed by atoms with Crippen LogP contribution in [0.3, 0.4) is 0 Å². The molecule has 0 radical (unpaired) electrons. The molecular weight excluding hydrogens is 326 g/mol. The number of unbranched alkanes of at least 4 members (excludes halogenated alkanes) is 2. The molecule has 0 heterocycles. The lowest BCUT2D eigenvalue weighted by Gasteiger charge is -2.34. The molecule has 6 heteroatoms. The van der Waals surface area contributed by atoms with Crippen molar-refractivity contribution in [1.29, 1.82) is 0 Å². The largest absolute Gasteiger partial charge is 0.744 e. The Hall–Kier alpha value is -0.950. The van der Waals surface area contributed by atoms with Crippen molar-refractivity contribution >= 4 is 10.1 Å². The van der Waals surface area contributed by atoms with E-state index in [1.54, 1.807) is 12.1 Å². The first-order valence-electron chi connectivity index (χ1n) is 8.65. The highest BCUT2D eigenvalue weighted by molar-refractivity contribution is 7.85. The van der Waals surface area contributed by atoms with Gasteiger partial charge in [-0.15, -0.1) is 0 Å². The lowest BCUT2D eigenvalue weighted by molar-refractivity contribution is -0.910. The van der Waals surface area contributed by atoms with Gasteiger partial charge in [0, 0.05) is 0 Å². The molecule has 0 aliphatic heterocycles. The number of likely N-dealkylation sites (N-methyl/N-ethyl adjacent to an activating group) is 1. The van der Waals surface area contributed by atoms with Crippen LogP contribution in [0, 0.1) is 6.92 Å². The number of benzene rings is 1. The third-order valence-corrected chi connectivity index (χ3v) is 4.90. The Morgan fingerprint density at radius 1 is 1.00 bits per heavy atom. The molecule has 0 aliphatic carbocycles. The summed E-state index contributed by atoms with van der Waals surface area (Å²) >= 11 is 0. The predicted molar refractivity (Wildman–Crippen MR) is 96.8 cm³/mol.